The van der Waals surface area contributed by atoms with Crippen molar-refractivity contribution in [2.45, 2.75) is 13.8 Å². The molecular weight excluding hydrogens is 164 g/mol. The summed E-state index contributed by atoms with van der Waals surface area (Å²) in [6, 6.07) is 7.51. The normalized spacial score (nSPS) is 10.6. The van der Waals surface area contributed by atoms with Crippen LogP contribution >= 0.6 is 0 Å². The Bertz CT molecular complexity index is 460. The Morgan fingerprint density at radius 2 is 1.85 bits per heavy atom. The van der Waals surface area contributed by atoms with E-state index in [4.69, 9.17) is 0 Å². The third-order valence-corrected chi connectivity index (χ3v) is 2.06. The highest BCUT2D eigenvalue weighted by atomic mass is 16.5. The van der Waals surface area contributed by atoms with E-state index in [0.717, 1.165) is 15.8 Å². The zero-order chi connectivity index (χ0) is 9.42. The molecule has 0 atom stereocenters. The van der Waals surface area contributed by atoms with E-state index >= 15 is 0 Å². The van der Waals surface area contributed by atoms with Crippen molar-refractivity contribution in [1.29, 1.82) is 0 Å². The first-order valence-electron chi connectivity index (χ1n) is 4.15. The molecule has 2 heterocycles. The van der Waals surface area contributed by atoms with Gasteiger partial charge in [0.1, 0.15) is 11.4 Å². The molecule has 0 bridgehead atoms. The molecule has 3 heteroatoms. The minimum atomic E-state index is 0.500. The Morgan fingerprint density at radius 3 is 2.62 bits per heavy atom. The highest BCUT2D eigenvalue weighted by molar-refractivity contribution is 5.71. The lowest BCUT2D eigenvalue weighted by atomic mass is 10.2. The maximum absolute atomic E-state index is 11.5. The van der Waals surface area contributed by atoms with Crippen molar-refractivity contribution in [3.05, 3.63) is 40.9 Å². The summed E-state index contributed by atoms with van der Waals surface area (Å²) in [4.78, 5) is 4.19. The summed E-state index contributed by atoms with van der Waals surface area (Å²) in [5.41, 5.74) is 2.04. The molecule has 0 saturated heterocycles. The molecule has 0 aliphatic carbocycles. The van der Waals surface area contributed by atoms with Crippen LogP contribution in [0.3, 0.4) is 0 Å². The van der Waals surface area contributed by atoms with E-state index in [2.05, 4.69) is 4.98 Å². The second-order valence-corrected chi connectivity index (χ2v) is 3.13. The van der Waals surface area contributed by atoms with Gasteiger partial charge in [0.15, 0.2) is 0 Å². The third-order valence-electron chi connectivity index (χ3n) is 2.06. The molecule has 0 spiro atoms. The molecular formula is C10H10N2O. The fourth-order valence-electron chi connectivity index (χ4n) is 1.29. The van der Waals surface area contributed by atoms with Gasteiger partial charge in [-0.2, -0.15) is 0 Å². The topological polar surface area (TPSA) is 39.8 Å². The fraction of sp³-hybridized carbons (Fsp3) is 0.200. The van der Waals surface area contributed by atoms with E-state index in [9.17, 15) is 5.21 Å². The molecule has 2 aromatic rings. The van der Waals surface area contributed by atoms with Gasteiger partial charge in [-0.15, -0.1) is 0 Å². The molecule has 0 aromatic carbocycles. The summed E-state index contributed by atoms with van der Waals surface area (Å²) in [6.45, 7) is 3.65. The van der Waals surface area contributed by atoms with Crippen LogP contribution in [0.5, 0.6) is 0 Å². The van der Waals surface area contributed by atoms with E-state index in [1.807, 2.05) is 25.1 Å². The summed E-state index contributed by atoms with van der Waals surface area (Å²) in [5.74, 6) is 0. The van der Waals surface area contributed by atoms with Crippen LogP contribution in [0.15, 0.2) is 24.3 Å². The predicted octanol–water partition coefficient (Wildman–Crippen LogP) is 1.49. The Kier molecular flexibility index (Phi) is 1.65. The number of rotatable bonds is 0. The largest absolute Gasteiger partial charge is 0.710 e. The molecule has 2 aromatic heterocycles. The Hall–Kier alpha value is -1.64. The minimum absolute atomic E-state index is 0.500. The van der Waals surface area contributed by atoms with Crippen molar-refractivity contribution < 1.29 is 4.73 Å². The van der Waals surface area contributed by atoms with E-state index < -0.39 is 0 Å². The van der Waals surface area contributed by atoms with Gasteiger partial charge in [0.25, 0.3) is 0 Å². The summed E-state index contributed by atoms with van der Waals surface area (Å²) in [6.07, 6.45) is 0. The average molecular weight is 174 g/mol. The first kappa shape index (κ1) is 7.98. The SMILES string of the molecule is Cc1ccc2ccc(C)[n+]([O-])c2n1. The molecule has 0 amide bonds. The molecule has 0 radical (unpaired) electrons. The highest BCUT2D eigenvalue weighted by Crippen LogP contribution is 2.08. The van der Waals surface area contributed by atoms with Crippen molar-refractivity contribution in [2.75, 3.05) is 0 Å². The zero-order valence-electron chi connectivity index (χ0n) is 7.61. The average Bonchev–Trinajstić information content (AvgIpc) is 2.12. The number of hydrogen-bond donors (Lipinski definition) is 0. The predicted molar refractivity (Wildman–Crippen MR) is 50.2 cm³/mol. The highest BCUT2D eigenvalue weighted by Gasteiger charge is 2.07. The van der Waals surface area contributed by atoms with Gasteiger partial charge in [0, 0.05) is 6.92 Å². The van der Waals surface area contributed by atoms with Crippen LogP contribution in [0.4, 0.5) is 0 Å². The molecule has 0 fully saturated rings. The molecule has 0 aliphatic heterocycles. The van der Waals surface area contributed by atoms with Gasteiger partial charge in [-0.1, -0.05) is 0 Å². The van der Waals surface area contributed by atoms with Crippen molar-refractivity contribution in [1.82, 2.24) is 4.98 Å². The fourth-order valence-corrected chi connectivity index (χ4v) is 1.29. The van der Waals surface area contributed by atoms with Gasteiger partial charge in [-0.05, 0) is 36.2 Å². The summed E-state index contributed by atoms with van der Waals surface area (Å²) in [7, 11) is 0. The smallest absolute Gasteiger partial charge is 0.333 e. The van der Waals surface area contributed by atoms with Gasteiger partial charge in [-0.3, -0.25) is 0 Å². The monoisotopic (exact) mass is 174 g/mol. The molecule has 66 valence electrons. The zero-order valence-corrected chi connectivity index (χ0v) is 7.61. The van der Waals surface area contributed by atoms with E-state index in [0.29, 0.717) is 11.3 Å². The molecule has 13 heavy (non-hydrogen) atoms. The van der Waals surface area contributed by atoms with Crippen molar-refractivity contribution in [3.63, 3.8) is 0 Å². The Labute approximate surface area is 76.2 Å². The molecule has 3 nitrogen and oxygen atoms in total. The number of aromatic nitrogens is 2. The number of nitrogens with zero attached hydrogens (tertiary/aromatic N) is 2. The van der Waals surface area contributed by atoms with Crippen LogP contribution in [-0.2, 0) is 0 Å². The van der Waals surface area contributed by atoms with Crippen molar-refractivity contribution >= 4 is 11.0 Å². The standard InChI is InChI=1S/C10H10N2O/c1-7-3-5-9-6-4-8(2)12(13)10(9)11-7/h3-6H,1-2H3. The number of pyridine rings is 2. The number of hydrogen-bond acceptors (Lipinski definition) is 2. The van der Waals surface area contributed by atoms with Crippen LogP contribution in [0.25, 0.3) is 11.0 Å². The van der Waals surface area contributed by atoms with Gasteiger partial charge < -0.3 is 5.21 Å². The molecule has 0 N–H and O–H groups in total. The maximum Gasteiger partial charge on any atom is 0.333 e. The van der Waals surface area contributed by atoms with Crippen molar-refractivity contribution in [2.24, 2.45) is 0 Å². The molecule has 0 saturated carbocycles. The number of fused-ring (bicyclic) bond motifs is 1. The van der Waals surface area contributed by atoms with Crippen LogP contribution in [-0.4, -0.2) is 4.98 Å². The van der Waals surface area contributed by atoms with Crippen LogP contribution in [0, 0.1) is 19.1 Å². The minimum Gasteiger partial charge on any atom is -0.710 e. The lowest BCUT2D eigenvalue weighted by Crippen LogP contribution is -2.31. The van der Waals surface area contributed by atoms with Crippen molar-refractivity contribution in [3.8, 4) is 0 Å². The maximum atomic E-state index is 11.5. The van der Waals surface area contributed by atoms with Gasteiger partial charge in [0.05, 0.1) is 5.39 Å². The molecule has 2 rings (SSSR count). The first-order chi connectivity index (χ1) is 6.18. The summed E-state index contributed by atoms with van der Waals surface area (Å²) in [5, 5.41) is 12.4. The van der Waals surface area contributed by atoms with E-state index in [1.165, 1.54) is 0 Å². The second kappa shape index (κ2) is 2.69. The van der Waals surface area contributed by atoms with Crippen LogP contribution < -0.4 is 4.73 Å². The summed E-state index contributed by atoms with van der Waals surface area (Å²) < 4.78 is 0.863. The second-order valence-electron chi connectivity index (χ2n) is 3.13. The van der Waals surface area contributed by atoms with Crippen LogP contribution in [0.1, 0.15) is 11.4 Å². The quantitative estimate of drug-likeness (QED) is 0.448. The Morgan fingerprint density at radius 1 is 1.15 bits per heavy atom. The third kappa shape index (κ3) is 1.22. The van der Waals surface area contributed by atoms with Crippen LogP contribution in [0.2, 0.25) is 0 Å². The molecule has 0 aliphatic rings. The number of aryl methyl sites for hydroxylation is 2. The Balaban J connectivity index is 2.89. The molecule has 0 unspecified atom stereocenters. The van der Waals surface area contributed by atoms with E-state index in [1.54, 1.807) is 13.0 Å². The lowest BCUT2D eigenvalue weighted by Gasteiger charge is -2.06. The van der Waals surface area contributed by atoms with Gasteiger partial charge in [0.2, 0.25) is 0 Å². The van der Waals surface area contributed by atoms with Gasteiger partial charge in [-0.25, -0.2) is 4.73 Å². The van der Waals surface area contributed by atoms with E-state index in [-0.39, 0.29) is 0 Å². The lowest BCUT2D eigenvalue weighted by molar-refractivity contribution is -0.586. The summed E-state index contributed by atoms with van der Waals surface area (Å²) >= 11 is 0. The van der Waals surface area contributed by atoms with Gasteiger partial charge >= 0.3 is 5.65 Å². The first-order valence-corrected chi connectivity index (χ1v) is 4.15.